The van der Waals surface area contributed by atoms with Gasteiger partial charge in [-0.05, 0) is 37.7 Å². The molecule has 2 nitrogen and oxygen atoms in total. The van der Waals surface area contributed by atoms with Crippen molar-refractivity contribution in [3.05, 3.63) is 27.7 Å². The van der Waals surface area contributed by atoms with E-state index in [-0.39, 0.29) is 0 Å². The number of likely N-dealkylation sites (N-methyl/N-ethyl adjacent to an activating group) is 1. The minimum Gasteiger partial charge on any atom is -0.494 e. The van der Waals surface area contributed by atoms with Crippen molar-refractivity contribution in [2.75, 3.05) is 20.7 Å². The van der Waals surface area contributed by atoms with Gasteiger partial charge in [0.1, 0.15) is 0 Å². The maximum absolute atomic E-state index is 5.98. The zero-order chi connectivity index (χ0) is 10.6. The van der Waals surface area contributed by atoms with Crippen molar-refractivity contribution >= 4 is 23.2 Å². The predicted molar refractivity (Wildman–Crippen MR) is 60.6 cm³/mol. The first-order valence-corrected chi connectivity index (χ1v) is 5.11. The van der Waals surface area contributed by atoms with Gasteiger partial charge in [-0.3, -0.25) is 0 Å². The summed E-state index contributed by atoms with van der Waals surface area (Å²) in [6.07, 6.45) is 0.903. The Morgan fingerprint density at radius 2 is 1.86 bits per heavy atom. The molecule has 0 spiro atoms. The minimum absolute atomic E-state index is 0.543. The summed E-state index contributed by atoms with van der Waals surface area (Å²) in [7, 11) is 3.47. The van der Waals surface area contributed by atoms with Gasteiger partial charge in [0.25, 0.3) is 0 Å². The Kier molecular flexibility index (Phi) is 4.52. The number of benzene rings is 1. The van der Waals surface area contributed by atoms with Crippen LogP contribution in [-0.2, 0) is 6.42 Å². The molecule has 78 valence electrons. The van der Waals surface area contributed by atoms with Crippen LogP contribution in [0.4, 0.5) is 0 Å². The van der Waals surface area contributed by atoms with Crippen LogP contribution in [0.3, 0.4) is 0 Å². The molecule has 0 unspecified atom stereocenters. The van der Waals surface area contributed by atoms with Crippen molar-refractivity contribution in [1.82, 2.24) is 5.32 Å². The fraction of sp³-hybridized carbons (Fsp3) is 0.400. The Bertz CT molecular complexity index is 292. The second-order valence-corrected chi connectivity index (χ2v) is 3.76. The Hall–Kier alpha value is -0.440. The summed E-state index contributed by atoms with van der Waals surface area (Å²) in [6.45, 7) is 0.902. The van der Waals surface area contributed by atoms with Crippen LogP contribution in [-0.4, -0.2) is 20.7 Å². The third-order valence-electron chi connectivity index (χ3n) is 1.93. The highest BCUT2D eigenvalue weighted by molar-refractivity contribution is 6.37. The fourth-order valence-electron chi connectivity index (χ4n) is 1.22. The van der Waals surface area contributed by atoms with E-state index in [1.807, 2.05) is 19.2 Å². The van der Waals surface area contributed by atoms with Gasteiger partial charge in [-0.1, -0.05) is 23.2 Å². The van der Waals surface area contributed by atoms with Crippen LogP contribution in [0.2, 0.25) is 10.0 Å². The maximum atomic E-state index is 5.98. The average molecular weight is 234 g/mol. The van der Waals surface area contributed by atoms with E-state index in [0.717, 1.165) is 18.5 Å². The molecule has 1 N–H and O–H groups in total. The van der Waals surface area contributed by atoms with Gasteiger partial charge >= 0.3 is 0 Å². The number of nitrogens with one attached hydrogen (secondary N) is 1. The van der Waals surface area contributed by atoms with Crippen molar-refractivity contribution in [2.24, 2.45) is 0 Å². The second kappa shape index (κ2) is 5.44. The quantitative estimate of drug-likeness (QED) is 0.864. The van der Waals surface area contributed by atoms with Gasteiger partial charge in [0, 0.05) is 0 Å². The Labute approximate surface area is 94.2 Å². The van der Waals surface area contributed by atoms with Gasteiger partial charge in [0.2, 0.25) is 0 Å². The Morgan fingerprint density at radius 3 is 2.29 bits per heavy atom. The molecule has 0 atom stereocenters. The van der Waals surface area contributed by atoms with E-state index >= 15 is 0 Å². The summed E-state index contributed by atoms with van der Waals surface area (Å²) in [5.41, 5.74) is 1.11. The first-order valence-electron chi connectivity index (χ1n) is 4.35. The van der Waals surface area contributed by atoms with Crippen LogP contribution in [0.5, 0.6) is 5.75 Å². The smallest absolute Gasteiger partial charge is 0.156 e. The maximum Gasteiger partial charge on any atom is 0.156 e. The van der Waals surface area contributed by atoms with Crippen molar-refractivity contribution in [3.8, 4) is 5.75 Å². The van der Waals surface area contributed by atoms with Gasteiger partial charge in [-0.25, -0.2) is 0 Å². The molecule has 0 heterocycles. The van der Waals surface area contributed by atoms with Crippen LogP contribution >= 0.6 is 23.2 Å². The number of methoxy groups -OCH3 is 1. The van der Waals surface area contributed by atoms with Crippen LogP contribution in [0.25, 0.3) is 0 Å². The number of halogens is 2. The third kappa shape index (κ3) is 2.77. The standard InChI is InChI=1S/C10H13Cl2NO/c1-13-4-3-7-5-8(11)10(14-2)9(12)6-7/h5-6,13H,3-4H2,1-2H3. The molecule has 0 aliphatic heterocycles. The molecule has 0 saturated carbocycles. The molecule has 1 aromatic carbocycles. The predicted octanol–water partition coefficient (Wildman–Crippen LogP) is 2.76. The highest BCUT2D eigenvalue weighted by Gasteiger charge is 2.07. The van der Waals surface area contributed by atoms with Gasteiger partial charge in [0.15, 0.2) is 5.75 Å². The van der Waals surface area contributed by atoms with Crippen molar-refractivity contribution in [3.63, 3.8) is 0 Å². The van der Waals surface area contributed by atoms with E-state index in [1.165, 1.54) is 0 Å². The summed E-state index contributed by atoms with van der Waals surface area (Å²) < 4.78 is 5.06. The molecule has 0 aromatic heterocycles. The van der Waals surface area contributed by atoms with Crippen molar-refractivity contribution in [2.45, 2.75) is 6.42 Å². The largest absolute Gasteiger partial charge is 0.494 e. The molecule has 0 aliphatic rings. The van der Waals surface area contributed by atoms with Crippen molar-refractivity contribution < 1.29 is 4.74 Å². The zero-order valence-corrected chi connectivity index (χ0v) is 9.74. The number of rotatable bonds is 4. The fourth-order valence-corrected chi connectivity index (χ4v) is 1.91. The SMILES string of the molecule is CNCCc1cc(Cl)c(OC)c(Cl)c1. The van der Waals surface area contributed by atoms with Gasteiger partial charge in [0.05, 0.1) is 17.2 Å². The molecule has 1 rings (SSSR count). The first-order chi connectivity index (χ1) is 6.69. The molecule has 0 saturated heterocycles. The van der Waals surface area contributed by atoms with Crippen molar-refractivity contribution in [1.29, 1.82) is 0 Å². The molecule has 0 amide bonds. The van der Waals surface area contributed by atoms with E-state index in [0.29, 0.717) is 15.8 Å². The normalized spacial score (nSPS) is 10.3. The number of ether oxygens (including phenoxy) is 1. The average Bonchev–Trinajstić information content (AvgIpc) is 2.14. The highest BCUT2D eigenvalue weighted by atomic mass is 35.5. The lowest BCUT2D eigenvalue weighted by molar-refractivity contribution is 0.415. The summed E-state index contributed by atoms with van der Waals surface area (Å²) in [5, 5.41) is 4.19. The monoisotopic (exact) mass is 233 g/mol. The molecular weight excluding hydrogens is 221 g/mol. The summed E-state index contributed by atoms with van der Waals surface area (Å²) >= 11 is 12.0. The van der Waals surface area contributed by atoms with Crippen LogP contribution in [0.1, 0.15) is 5.56 Å². The summed E-state index contributed by atoms with van der Waals surface area (Å²) in [6, 6.07) is 3.76. The van der Waals surface area contributed by atoms with E-state index in [9.17, 15) is 0 Å². The topological polar surface area (TPSA) is 21.3 Å². The van der Waals surface area contributed by atoms with E-state index < -0.39 is 0 Å². The molecule has 14 heavy (non-hydrogen) atoms. The van der Waals surface area contributed by atoms with E-state index in [1.54, 1.807) is 7.11 Å². The zero-order valence-electron chi connectivity index (χ0n) is 8.23. The van der Waals surface area contributed by atoms with E-state index in [4.69, 9.17) is 27.9 Å². The lowest BCUT2D eigenvalue weighted by Gasteiger charge is -2.08. The highest BCUT2D eigenvalue weighted by Crippen LogP contribution is 2.33. The molecule has 0 fully saturated rings. The molecule has 0 aliphatic carbocycles. The van der Waals surface area contributed by atoms with Gasteiger partial charge < -0.3 is 10.1 Å². The van der Waals surface area contributed by atoms with E-state index in [2.05, 4.69) is 5.32 Å². The second-order valence-electron chi connectivity index (χ2n) is 2.95. The van der Waals surface area contributed by atoms with Crippen LogP contribution in [0.15, 0.2) is 12.1 Å². The molecule has 0 radical (unpaired) electrons. The summed E-state index contributed by atoms with van der Waals surface area (Å²) in [5.74, 6) is 0.543. The molecule has 4 heteroatoms. The third-order valence-corrected chi connectivity index (χ3v) is 2.49. The summed E-state index contributed by atoms with van der Waals surface area (Å²) in [4.78, 5) is 0. The Balaban J connectivity index is 2.90. The van der Waals surface area contributed by atoms with Gasteiger partial charge in [-0.15, -0.1) is 0 Å². The van der Waals surface area contributed by atoms with Gasteiger partial charge in [-0.2, -0.15) is 0 Å². The number of hydrogen-bond acceptors (Lipinski definition) is 2. The molecule has 0 bridgehead atoms. The Morgan fingerprint density at radius 1 is 1.29 bits per heavy atom. The van der Waals surface area contributed by atoms with Crippen LogP contribution < -0.4 is 10.1 Å². The van der Waals surface area contributed by atoms with Crippen LogP contribution in [0, 0.1) is 0 Å². The minimum atomic E-state index is 0.543. The lowest BCUT2D eigenvalue weighted by atomic mass is 10.1. The first kappa shape index (κ1) is 11.6. The molecule has 1 aromatic rings. The molecular formula is C10H13Cl2NO. The number of hydrogen-bond donors (Lipinski definition) is 1. The lowest BCUT2D eigenvalue weighted by Crippen LogP contribution is -2.10.